The first-order valence-electron chi connectivity index (χ1n) is 7.20. The molecular formula is C16H25N2OSi. The van der Waals surface area contributed by atoms with Gasteiger partial charge in [-0.2, -0.15) is 0 Å². The van der Waals surface area contributed by atoms with E-state index in [9.17, 15) is 0 Å². The topological polar surface area (TPSA) is 15.7 Å². The maximum absolute atomic E-state index is 5.48. The molecule has 0 aromatic heterocycles. The third-order valence-electron chi connectivity index (χ3n) is 3.86. The molecule has 1 radical (unpaired) electrons. The summed E-state index contributed by atoms with van der Waals surface area (Å²) >= 11 is 0. The zero-order valence-electron chi connectivity index (χ0n) is 12.6. The van der Waals surface area contributed by atoms with E-state index in [0.29, 0.717) is 0 Å². The van der Waals surface area contributed by atoms with Crippen LogP contribution in [0.5, 0.6) is 0 Å². The Morgan fingerprint density at radius 2 is 2.05 bits per heavy atom. The van der Waals surface area contributed by atoms with Crippen molar-refractivity contribution in [3.8, 4) is 0 Å². The lowest BCUT2D eigenvalue weighted by Crippen LogP contribution is -2.52. The van der Waals surface area contributed by atoms with E-state index in [1.165, 1.54) is 43.1 Å². The summed E-state index contributed by atoms with van der Waals surface area (Å²) in [4.78, 5) is 4.99. The maximum Gasteiger partial charge on any atom is 0.132 e. The van der Waals surface area contributed by atoms with Crippen molar-refractivity contribution in [3.05, 3.63) is 36.4 Å². The van der Waals surface area contributed by atoms with Crippen LogP contribution in [0.25, 0.3) is 6.08 Å². The quantitative estimate of drug-likeness (QED) is 0.727. The summed E-state index contributed by atoms with van der Waals surface area (Å²) in [6.45, 7) is 8.57. The van der Waals surface area contributed by atoms with E-state index in [1.54, 1.807) is 0 Å². The number of benzene rings is 1. The van der Waals surface area contributed by atoms with Crippen LogP contribution in [0.4, 0.5) is 0 Å². The van der Waals surface area contributed by atoms with Gasteiger partial charge in [-0.25, -0.2) is 0 Å². The molecule has 0 saturated carbocycles. The van der Waals surface area contributed by atoms with E-state index in [-0.39, 0.29) is 0 Å². The van der Waals surface area contributed by atoms with Crippen LogP contribution >= 0.6 is 0 Å². The number of hydrogen-bond acceptors (Lipinski definition) is 3. The molecule has 1 aliphatic heterocycles. The lowest BCUT2D eigenvalue weighted by molar-refractivity contribution is 0.169. The van der Waals surface area contributed by atoms with Gasteiger partial charge < -0.3 is 14.5 Å². The highest BCUT2D eigenvalue weighted by atomic mass is 28.3. The van der Waals surface area contributed by atoms with Crippen LogP contribution in [0, 0.1) is 0 Å². The molecule has 1 saturated heterocycles. The van der Waals surface area contributed by atoms with Crippen LogP contribution in [0.3, 0.4) is 0 Å². The lowest BCUT2D eigenvalue weighted by Gasteiger charge is -2.34. The monoisotopic (exact) mass is 289 g/mol. The fourth-order valence-corrected chi connectivity index (χ4v) is 4.90. The van der Waals surface area contributed by atoms with E-state index in [1.807, 2.05) is 13.2 Å². The number of likely N-dealkylation sites (N-methyl/N-ethyl adjacent to an activating group) is 1. The average molecular weight is 289 g/mol. The highest BCUT2D eigenvalue weighted by Gasteiger charge is 2.21. The smallest absolute Gasteiger partial charge is 0.132 e. The molecule has 1 fully saturated rings. The molecule has 1 aliphatic rings. The Bertz CT molecular complexity index is 430. The third kappa shape index (κ3) is 4.28. The molecule has 3 nitrogen and oxygen atoms in total. The first kappa shape index (κ1) is 15.4. The predicted octanol–water partition coefficient (Wildman–Crippen LogP) is 1.00. The molecule has 4 heteroatoms. The molecule has 20 heavy (non-hydrogen) atoms. The highest BCUT2D eigenvalue weighted by molar-refractivity contribution is 6.73. The van der Waals surface area contributed by atoms with Crippen LogP contribution in [0.15, 0.2) is 30.8 Å². The van der Waals surface area contributed by atoms with E-state index >= 15 is 0 Å². The van der Waals surface area contributed by atoms with Crippen LogP contribution in [0.2, 0.25) is 0 Å². The van der Waals surface area contributed by atoms with Gasteiger partial charge in [0.2, 0.25) is 0 Å². The van der Waals surface area contributed by atoms with Gasteiger partial charge in [0.25, 0.3) is 0 Å². The minimum absolute atomic E-state index is 0.684. The highest BCUT2D eigenvalue weighted by Crippen LogP contribution is 2.04. The summed E-state index contributed by atoms with van der Waals surface area (Å²) in [5, 5.41) is 1.45. The largest absolute Gasteiger partial charge is 0.388 e. The van der Waals surface area contributed by atoms with Gasteiger partial charge in [-0.15, -0.1) is 0 Å². The number of methoxy groups -OCH3 is 1. The van der Waals surface area contributed by atoms with Gasteiger partial charge in [-0.1, -0.05) is 42.1 Å². The molecule has 0 amide bonds. The second kappa shape index (κ2) is 7.74. The Labute approximate surface area is 124 Å². The molecule has 0 unspecified atom stereocenters. The molecule has 0 N–H and O–H groups in total. The minimum Gasteiger partial charge on any atom is -0.388 e. The fourth-order valence-electron chi connectivity index (χ4n) is 2.56. The van der Waals surface area contributed by atoms with Crippen molar-refractivity contribution in [2.75, 3.05) is 52.7 Å². The molecule has 0 atom stereocenters. The first-order chi connectivity index (χ1) is 9.72. The zero-order chi connectivity index (χ0) is 14.4. The second-order valence-electron chi connectivity index (χ2n) is 5.45. The molecule has 1 heterocycles. The van der Waals surface area contributed by atoms with Crippen molar-refractivity contribution >= 4 is 20.1 Å². The molecule has 109 valence electrons. The number of ether oxygens (including phenoxy) is 1. The van der Waals surface area contributed by atoms with Crippen LogP contribution in [0.1, 0.15) is 5.56 Å². The Hall–Kier alpha value is -0.943. The molecule has 0 bridgehead atoms. The van der Waals surface area contributed by atoms with Gasteiger partial charge in [-0.05, 0) is 18.8 Å². The van der Waals surface area contributed by atoms with Crippen molar-refractivity contribution in [3.63, 3.8) is 0 Å². The lowest BCUT2D eigenvalue weighted by atomic mass is 10.2. The molecule has 1 aromatic rings. The Balaban J connectivity index is 2.03. The molecule has 2 rings (SSSR count). The van der Waals surface area contributed by atoms with Crippen molar-refractivity contribution in [2.24, 2.45) is 0 Å². The number of nitrogens with zero attached hydrogens (tertiary/aromatic N) is 2. The normalized spacial score (nSPS) is 17.6. The van der Waals surface area contributed by atoms with Crippen molar-refractivity contribution < 1.29 is 4.74 Å². The summed E-state index contributed by atoms with van der Waals surface area (Å²) in [7, 11) is 3.33. The Morgan fingerprint density at radius 1 is 1.30 bits per heavy atom. The van der Waals surface area contributed by atoms with Gasteiger partial charge >= 0.3 is 0 Å². The van der Waals surface area contributed by atoms with E-state index < -0.39 is 8.80 Å². The standard InChI is InChI=1S/C16H25N2OSi/c1-4-15-6-5-7-16(12-15)20(14-19-3)13-18-10-8-17(2)9-11-18/h4-7,12H,1,8-11,13-14H2,2-3H3. The van der Waals surface area contributed by atoms with Crippen molar-refractivity contribution in [1.29, 1.82) is 0 Å². The van der Waals surface area contributed by atoms with Crippen molar-refractivity contribution in [2.45, 2.75) is 0 Å². The third-order valence-corrected chi connectivity index (χ3v) is 6.45. The van der Waals surface area contributed by atoms with Crippen LogP contribution < -0.4 is 5.19 Å². The van der Waals surface area contributed by atoms with Crippen LogP contribution in [-0.2, 0) is 4.74 Å². The summed E-state index contributed by atoms with van der Waals surface area (Å²) < 4.78 is 5.48. The van der Waals surface area contributed by atoms with Crippen molar-refractivity contribution in [1.82, 2.24) is 9.80 Å². The Morgan fingerprint density at radius 3 is 2.70 bits per heavy atom. The number of piperazine rings is 1. The summed E-state index contributed by atoms with van der Waals surface area (Å²) in [5.74, 6) is 0. The molecular weight excluding hydrogens is 264 g/mol. The SMILES string of the molecule is C=Cc1cccc([Si](COC)CN2CCN(C)CC2)c1. The summed E-state index contributed by atoms with van der Waals surface area (Å²) in [6.07, 6.45) is 3.97. The summed E-state index contributed by atoms with van der Waals surface area (Å²) in [6, 6.07) is 8.77. The molecule has 1 aromatic carbocycles. The number of rotatable bonds is 6. The van der Waals surface area contributed by atoms with Gasteiger partial charge in [0.05, 0.1) is 0 Å². The van der Waals surface area contributed by atoms with Crippen LogP contribution in [-0.4, -0.2) is 71.3 Å². The first-order valence-corrected chi connectivity index (χ1v) is 9.11. The zero-order valence-corrected chi connectivity index (χ0v) is 13.6. The number of hydrogen-bond donors (Lipinski definition) is 0. The fraction of sp³-hybridized carbons (Fsp3) is 0.500. The second-order valence-corrected chi connectivity index (χ2v) is 7.83. The maximum atomic E-state index is 5.48. The van der Waals surface area contributed by atoms with E-state index in [0.717, 1.165) is 6.23 Å². The minimum atomic E-state index is -0.684. The Kier molecular flexibility index (Phi) is 5.98. The summed E-state index contributed by atoms with van der Waals surface area (Å²) in [5.41, 5.74) is 1.21. The molecule has 0 aliphatic carbocycles. The van der Waals surface area contributed by atoms with Gasteiger partial charge in [-0.3, -0.25) is 0 Å². The van der Waals surface area contributed by atoms with E-state index in [2.05, 4.69) is 47.7 Å². The predicted molar refractivity (Wildman–Crippen MR) is 87.7 cm³/mol. The van der Waals surface area contributed by atoms with E-state index in [4.69, 9.17) is 4.74 Å². The average Bonchev–Trinajstić information content (AvgIpc) is 2.49. The van der Waals surface area contributed by atoms with Gasteiger partial charge in [0.1, 0.15) is 8.80 Å². The van der Waals surface area contributed by atoms with Gasteiger partial charge in [0, 0.05) is 39.5 Å². The van der Waals surface area contributed by atoms with Gasteiger partial charge in [0.15, 0.2) is 0 Å². The molecule has 0 spiro atoms.